The van der Waals surface area contributed by atoms with Crippen LogP contribution in [0.1, 0.15) is 26.7 Å². The lowest BCUT2D eigenvalue weighted by Gasteiger charge is -2.25. The summed E-state index contributed by atoms with van der Waals surface area (Å²) in [6.45, 7) is 7.02. The molecule has 100 valence electrons. The highest BCUT2D eigenvalue weighted by atomic mass is 16.6. The molecular weight excluding hydrogens is 222 g/mol. The van der Waals surface area contributed by atoms with Gasteiger partial charge in [0.2, 0.25) is 0 Å². The van der Waals surface area contributed by atoms with Crippen molar-refractivity contribution in [3.8, 4) is 0 Å². The highest BCUT2D eigenvalue weighted by molar-refractivity contribution is 5.74. The second-order valence-electron chi connectivity index (χ2n) is 4.06. The lowest BCUT2D eigenvalue weighted by Crippen LogP contribution is -2.42. The molecule has 2 unspecified atom stereocenters. The van der Waals surface area contributed by atoms with Gasteiger partial charge in [0.25, 0.3) is 0 Å². The first kappa shape index (κ1) is 14.4. The van der Waals surface area contributed by atoms with E-state index in [2.05, 4.69) is 5.32 Å². The molecule has 0 saturated carbocycles. The zero-order valence-electron chi connectivity index (χ0n) is 10.7. The average Bonchev–Trinajstić information content (AvgIpc) is 2.36. The van der Waals surface area contributed by atoms with E-state index in [0.29, 0.717) is 26.2 Å². The Hall–Kier alpha value is -0.650. The first-order valence-electron chi connectivity index (χ1n) is 6.38. The van der Waals surface area contributed by atoms with Crippen LogP contribution in [0, 0.1) is 0 Å². The number of carbonyl (C=O) groups is 1. The van der Waals surface area contributed by atoms with E-state index >= 15 is 0 Å². The van der Waals surface area contributed by atoms with Gasteiger partial charge in [0.05, 0.1) is 25.9 Å². The summed E-state index contributed by atoms with van der Waals surface area (Å²) in [5.74, 6) is -0.266. The van der Waals surface area contributed by atoms with E-state index < -0.39 is 6.10 Å². The van der Waals surface area contributed by atoms with Gasteiger partial charge in [-0.1, -0.05) is 13.3 Å². The number of rotatable bonds is 7. The van der Waals surface area contributed by atoms with E-state index in [0.717, 1.165) is 19.5 Å². The normalized spacial score (nSPS) is 22.1. The SMILES string of the molecule is CCCC(OCC1CNCCO1)C(=O)OCC. The third-order valence-corrected chi connectivity index (χ3v) is 2.59. The van der Waals surface area contributed by atoms with Gasteiger partial charge in [-0.2, -0.15) is 0 Å². The molecule has 2 atom stereocenters. The smallest absolute Gasteiger partial charge is 0.335 e. The van der Waals surface area contributed by atoms with E-state index in [1.807, 2.05) is 6.92 Å². The zero-order chi connectivity index (χ0) is 12.5. The minimum Gasteiger partial charge on any atom is -0.464 e. The van der Waals surface area contributed by atoms with Crippen LogP contribution in [0.25, 0.3) is 0 Å². The lowest BCUT2D eigenvalue weighted by atomic mass is 10.2. The lowest BCUT2D eigenvalue weighted by molar-refractivity contribution is -0.160. The van der Waals surface area contributed by atoms with Crippen molar-refractivity contribution in [3.63, 3.8) is 0 Å². The number of morpholine rings is 1. The molecule has 1 heterocycles. The van der Waals surface area contributed by atoms with Gasteiger partial charge in [-0.15, -0.1) is 0 Å². The van der Waals surface area contributed by atoms with E-state index in [-0.39, 0.29) is 12.1 Å². The largest absolute Gasteiger partial charge is 0.464 e. The molecule has 1 aliphatic heterocycles. The van der Waals surface area contributed by atoms with Gasteiger partial charge in [0.1, 0.15) is 0 Å². The van der Waals surface area contributed by atoms with Crippen LogP contribution < -0.4 is 5.32 Å². The summed E-state index contributed by atoms with van der Waals surface area (Å²) >= 11 is 0. The van der Waals surface area contributed by atoms with Crippen LogP contribution >= 0.6 is 0 Å². The third kappa shape index (κ3) is 5.48. The first-order valence-corrected chi connectivity index (χ1v) is 6.38. The number of hydrogen-bond donors (Lipinski definition) is 1. The van der Waals surface area contributed by atoms with Crippen LogP contribution in [0.4, 0.5) is 0 Å². The van der Waals surface area contributed by atoms with Crippen LogP contribution in [0.2, 0.25) is 0 Å². The summed E-state index contributed by atoms with van der Waals surface area (Å²) in [5, 5.41) is 3.22. The molecule has 0 aromatic rings. The van der Waals surface area contributed by atoms with Crippen molar-refractivity contribution >= 4 is 5.97 Å². The van der Waals surface area contributed by atoms with Crippen molar-refractivity contribution in [1.29, 1.82) is 0 Å². The first-order chi connectivity index (χ1) is 8.27. The summed E-state index contributed by atoms with van der Waals surface area (Å²) in [6.07, 6.45) is 1.18. The Balaban J connectivity index is 2.29. The van der Waals surface area contributed by atoms with Gasteiger partial charge in [0.15, 0.2) is 6.10 Å². The standard InChI is InChI=1S/C12H23NO4/c1-3-5-11(12(14)15-4-2)17-9-10-8-13-6-7-16-10/h10-11,13H,3-9H2,1-2H3. The summed E-state index contributed by atoms with van der Waals surface area (Å²) < 4.78 is 16.1. The van der Waals surface area contributed by atoms with Gasteiger partial charge in [-0.05, 0) is 13.3 Å². The molecule has 17 heavy (non-hydrogen) atoms. The molecule has 0 aromatic carbocycles. The van der Waals surface area contributed by atoms with Crippen LogP contribution in [0.5, 0.6) is 0 Å². The van der Waals surface area contributed by atoms with Gasteiger partial charge < -0.3 is 19.5 Å². The van der Waals surface area contributed by atoms with Crippen molar-refractivity contribution in [2.45, 2.75) is 38.9 Å². The Morgan fingerprint density at radius 2 is 2.35 bits per heavy atom. The zero-order valence-corrected chi connectivity index (χ0v) is 10.7. The number of nitrogens with one attached hydrogen (secondary N) is 1. The fourth-order valence-corrected chi connectivity index (χ4v) is 1.72. The predicted octanol–water partition coefficient (Wildman–Crippen LogP) is 0.723. The highest BCUT2D eigenvalue weighted by Crippen LogP contribution is 2.07. The quantitative estimate of drug-likeness (QED) is 0.670. The van der Waals surface area contributed by atoms with Gasteiger partial charge in [-0.3, -0.25) is 0 Å². The number of carbonyl (C=O) groups excluding carboxylic acids is 1. The molecule has 1 fully saturated rings. The highest BCUT2D eigenvalue weighted by Gasteiger charge is 2.22. The van der Waals surface area contributed by atoms with Crippen molar-refractivity contribution in [3.05, 3.63) is 0 Å². The Labute approximate surface area is 103 Å². The van der Waals surface area contributed by atoms with Crippen LogP contribution in [-0.4, -0.2) is 51.1 Å². The average molecular weight is 245 g/mol. The van der Waals surface area contributed by atoms with Crippen LogP contribution in [0.3, 0.4) is 0 Å². The molecule has 1 rings (SSSR count). The van der Waals surface area contributed by atoms with Crippen molar-refractivity contribution in [1.82, 2.24) is 5.32 Å². The van der Waals surface area contributed by atoms with Gasteiger partial charge >= 0.3 is 5.97 Å². The summed E-state index contributed by atoms with van der Waals surface area (Å²) in [6, 6.07) is 0. The second-order valence-corrected chi connectivity index (χ2v) is 4.06. The Bertz CT molecular complexity index is 217. The predicted molar refractivity (Wildman–Crippen MR) is 63.9 cm³/mol. The van der Waals surface area contributed by atoms with Gasteiger partial charge in [-0.25, -0.2) is 4.79 Å². The molecule has 0 spiro atoms. The number of hydrogen-bond acceptors (Lipinski definition) is 5. The Morgan fingerprint density at radius 1 is 1.53 bits per heavy atom. The molecular formula is C12H23NO4. The molecule has 0 aliphatic carbocycles. The van der Waals surface area contributed by atoms with Crippen molar-refractivity contribution in [2.75, 3.05) is 32.9 Å². The maximum Gasteiger partial charge on any atom is 0.335 e. The monoisotopic (exact) mass is 245 g/mol. The topological polar surface area (TPSA) is 56.8 Å². The molecule has 0 bridgehead atoms. The van der Waals surface area contributed by atoms with Crippen LogP contribution in [0.15, 0.2) is 0 Å². The van der Waals surface area contributed by atoms with Crippen molar-refractivity contribution in [2.24, 2.45) is 0 Å². The fourth-order valence-electron chi connectivity index (χ4n) is 1.72. The maximum atomic E-state index is 11.6. The minimum absolute atomic E-state index is 0.0394. The fraction of sp³-hybridized carbons (Fsp3) is 0.917. The van der Waals surface area contributed by atoms with Crippen molar-refractivity contribution < 1.29 is 19.0 Å². The van der Waals surface area contributed by atoms with E-state index in [9.17, 15) is 4.79 Å². The molecule has 5 nitrogen and oxygen atoms in total. The second kappa shape index (κ2) is 8.44. The maximum absolute atomic E-state index is 11.6. The molecule has 1 N–H and O–H groups in total. The van der Waals surface area contributed by atoms with Gasteiger partial charge in [0, 0.05) is 13.1 Å². The Morgan fingerprint density at radius 3 is 2.94 bits per heavy atom. The summed E-state index contributed by atoms with van der Waals surface area (Å²) in [7, 11) is 0. The minimum atomic E-state index is -0.453. The van der Waals surface area contributed by atoms with Crippen LogP contribution in [-0.2, 0) is 19.0 Å². The van der Waals surface area contributed by atoms with E-state index in [1.165, 1.54) is 0 Å². The Kier molecular flexibility index (Phi) is 7.16. The molecule has 0 amide bonds. The summed E-state index contributed by atoms with van der Waals surface area (Å²) in [4.78, 5) is 11.6. The molecule has 0 aromatic heterocycles. The third-order valence-electron chi connectivity index (χ3n) is 2.59. The summed E-state index contributed by atoms with van der Waals surface area (Å²) in [5.41, 5.74) is 0. The number of ether oxygens (including phenoxy) is 3. The number of esters is 1. The molecule has 5 heteroatoms. The molecule has 1 saturated heterocycles. The van der Waals surface area contributed by atoms with E-state index in [1.54, 1.807) is 6.92 Å². The molecule has 1 aliphatic rings. The van der Waals surface area contributed by atoms with E-state index in [4.69, 9.17) is 14.2 Å². The molecule has 0 radical (unpaired) electrons.